The van der Waals surface area contributed by atoms with Gasteiger partial charge in [-0.25, -0.2) is 4.39 Å². The average Bonchev–Trinajstić information content (AvgIpc) is 3.04. The van der Waals surface area contributed by atoms with Crippen LogP contribution >= 0.6 is 11.6 Å². The second-order valence-electron chi connectivity index (χ2n) is 7.23. The highest BCUT2D eigenvalue weighted by Crippen LogP contribution is 2.44. The second kappa shape index (κ2) is 8.43. The number of pyridine rings is 1. The van der Waals surface area contributed by atoms with E-state index in [1.807, 2.05) is 0 Å². The van der Waals surface area contributed by atoms with Gasteiger partial charge in [-0.3, -0.25) is 19.5 Å². The Bertz CT molecular complexity index is 1260. The molecular weight excluding hydrogens is 435 g/mol. The first kappa shape index (κ1) is 21.5. The molecule has 32 heavy (non-hydrogen) atoms. The number of nitrogens with zero attached hydrogens (tertiary/aromatic N) is 2. The zero-order valence-corrected chi connectivity index (χ0v) is 17.9. The van der Waals surface area contributed by atoms with E-state index >= 15 is 0 Å². The van der Waals surface area contributed by atoms with Gasteiger partial charge in [-0.2, -0.15) is 0 Å². The summed E-state index contributed by atoms with van der Waals surface area (Å²) in [7, 11) is 1.38. The standard InChI is InChI=1S/C24H18ClFN2O4/c1-13-10-16(23(32-2)17(25)11-13)21(29)19-20(18-8-3-4-9-27-18)28(24(31)22(19)30)15-7-5-6-14(26)12-15/h3-12,20,29H,1-2H3/b21-19+. The minimum atomic E-state index is -1.08. The Labute approximate surface area is 188 Å². The van der Waals surface area contributed by atoms with Gasteiger partial charge in [0.05, 0.1) is 29.0 Å². The van der Waals surface area contributed by atoms with Crippen molar-refractivity contribution in [2.75, 3.05) is 12.0 Å². The molecule has 1 aliphatic heterocycles. The maximum absolute atomic E-state index is 14.0. The summed E-state index contributed by atoms with van der Waals surface area (Å²) in [6.07, 6.45) is 1.51. The first-order valence-corrected chi connectivity index (χ1v) is 10.0. The molecule has 2 aromatic carbocycles. The Morgan fingerprint density at radius 2 is 1.94 bits per heavy atom. The van der Waals surface area contributed by atoms with Crippen molar-refractivity contribution in [3.63, 3.8) is 0 Å². The summed E-state index contributed by atoms with van der Waals surface area (Å²) in [5, 5.41) is 11.5. The SMILES string of the molecule is COc1c(Cl)cc(C)cc1/C(O)=C1\C(=O)C(=O)N(c2cccc(F)c2)C1c1ccccn1. The summed E-state index contributed by atoms with van der Waals surface area (Å²) < 4.78 is 19.3. The fraction of sp³-hybridized carbons (Fsp3) is 0.125. The number of hydrogen-bond donors (Lipinski definition) is 1. The third-order valence-corrected chi connectivity index (χ3v) is 5.43. The van der Waals surface area contributed by atoms with Crippen LogP contribution < -0.4 is 9.64 Å². The molecule has 1 N–H and O–H groups in total. The summed E-state index contributed by atoms with van der Waals surface area (Å²) in [6.45, 7) is 1.77. The van der Waals surface area contributed by atoms with Crippen LogP contribution in [0.2, 0.25) is 5.02 Å². The summed E-state index contributed by atoms with van der Waals surface area (Å²) in [4.78, 5) is 31.6. The number of anilines is 1. The predicted octanol–water partition coefficient (Wildman–Crippen LogP) is 4.82. The summed E-state index contributed by atoms with van der Waals surface area (Å²) in [6, 6.07) is 12.5. The minimum absolute atomic E-state index is 0.159. The number of aliphatic hydroxyl groups excluding tert-OH is 1. The number of methoxy groups -OCH3 is 1. The van der Waals surface area contributed by atoms with Crippen LogP contribution in [0.3, 0.4) is 0 Å². The number of aryl methyl sites for hydroxylation is 1. The lowest BCUT2D eigenvalue weighted by atomic mass is 9.97. The fourth-order valence-electron chi connectivity index (χ4n) is 3.80. The molecule has 6 nitrogen and oxygen atoms in total. The van der Waals surface area contributed by atoms with Crippen molar-refractivity contribution in [2.24, 2.45) is 0 Å². The molecule has 1 saturated heterocycles. The molecule has 1 aromatic heterocycles. The number of aliphatic hydroxyl groups is 1. The van der Waals surface area contributed by atoms with Gasteiger partial charge in [0.1, 0.15) is 23.4 Å². The molecule has 4 rings (SSSR count). The molecule has 3 aromatic rings. The van der Waals surface area contributed by atoms with Crippen LogP contribution in [0.1, 0.15) is 22.9 Å². The lowest BCUT2D eigenvalue weighted by Crippen LogP contribution is -2.29. The molecular formula is C24H18ClFN2O4. The molecule has 0 radical (unpaired) electrons. The van der Waals surface area contributed by atoms with E-state index in [9.17, 15) is 19.1 Å². The number of Topliss-reactive ketones (excluding diaryl/α,β-unsaturated/α-hetero) is 1. The van der Waals surface area contributed by atoms with Crippen molar-refractivity contribution >= 4 is 34.7 Å². The predicted molar refractivity (Wildman–Crippen MR) is 118 cm³/mol. The Hall–Kier alpha value is -3.71. The van der Waals surface area contributed by atoms with Gasteiger partial charge in [0.25, 0.3) is 11.7 Å². The van der Waals surface area contributed by atoms with E-state index in [0.717, 1.165) is 11.0 Å². The fourth-order valence-corrected chi connectivity index (χ4v) is 4.15. The molecule has 2 heterocycles. The molecule has 1 amide bonds. The second-order valence-corrected chi connectivity index (χ2v) is 7.64. The number of carbonyl (C=O) groups excluding carboxylic acids is 2. The van der Waals surface area contributed by atoms with E-state index in [0.29, 0.717) is 11.3 Å². The molecule has 1 unspecified atom stereocenters. The van der Waals surface area contributed by atoms with Crippen molar-refractivity contribution < 1.29 is 23.8 Å². The number of rotatable bonds is 4. The number of halogens is 2. The van der Waals surface area contributed by atoms with E-state index in [1.165, 1.54) is 31.5 Å². The molecule has 162 valence electrons. The third-order valence-electron chi connectivity index (χ3n) is 5.15. The van der Waals surface area contributed by atoms with Gasteiger partial charge in [0.2, 0.25) is 0 Å². The van der Waals surface area contributed by atoms with E-state index in [4.69, 9.17) is 16.3 Å². The maximum atomic E-state index is 14.0. The highest BCUT2D eigenvalue weighted by atomic mass is 35.5. The number of ketones is 1. The monoisotopic (exact) mass is 452 g/mol. The number of hydrogen-bond acceptors (Lipinski definition) is 5. The Morgan fingerprint density at radius 1 is 1.16 bits per heavy atom. The van der Waals surface area contributed by atoms with Gasteiger partial charge in [-0.15, -0.1) is 0 Å². The molecule has 0 saturated carbocycles. The van der Waals surface area contributed by atoms with E-state index in [2.05, 4.69) is 4.98 Å². The number of benzene rings is 2. The first-order chi connectivity index (χ1) is 15.3. The van der Waals surface area contributed by atoms with Gasteiger partial charge in [-0.05, 0) is 55.0 Å². The zero-order valence-electron chi connectivity index (χ0n) is 17.2. The normalized spacial score (nSPS) is 17.6. The summed E-state index contributed by atoms with van der Waals surface area (Å²) in [5.74, 6) is -2.71. The lowest BCUT2D eigenvalue weighted by molar-refractivity contribution is -0.132. The van der Waals surface area contributed by atoms with E-state index < -0.39 is 29.3 Å². The van der Waals surface area contributed by atoms with Crippen molar-refractivity contribution in [1.29, 1.82) is 0 Å². The zero-order chi connectivity index (χ0) is 23.0. The number of amides is 1. The quantitative estimate of drug-likeness (QED) is 0.349. The van der Waals surface area contributed by atoms with Gasteiger partial charge in [0.15, 0.2) is 0 Å². The van der Waals surface area contributed by atoms with Gasteiger partial charge >= 0.3 is 0 Å². The van der Waals surface area contributed by atoms with Crippen LogP contribution in [0.25, 0.3) is 5.76 Å². The topological polar surface area (TPSA) is 79.7 Å². The Kier molecular flexibility index (Phi) is 5.67. The molecule has 1 atom stereocenters. The first-order valence-electron chi connectivity index (χ1n) is 9.65. The molecule has 1 fully saturated rings. The third kappa shape index (κ3) is 3.61. The van der Waals surface area contributed by atoms with Crippen molar-refractivity contribution in [2.45, 2.75) is 13.0 Å². The van der Waals surface area contributed by atoms with Crippen LogP contribution in [0.15, 0.2) is 66.4 Å². The van der Waals surface area contributed by atoms with Gasteiger partial charge < -0.3 is 9.84 Å². The number of ether oxygens (including phenoxy) is 1. The molecule has 8 heteroatoms. The molecule has 0 aliphatic carbocycles. The number of carbonyl (C=O) groups is 2. The van der Waals surface area contributed by atoms with E-state index in [1.54, 1.807) is 37.3 Å². The van der Waals surface area contributed by atoms with Crippen LogP contribution in [0.5, 0.6) is 5.75 Å². The van der Waals surface area contributed by atoms with Crippen molar-refractivity contribution in [3.05, 3.63) is 94.0 Å². The molecule has 0 spiro atoms. The smallest absolute Gasteiger partial charge is 0.300 e. The summed E-state index contributed by atoms with van der Waals surface area (Å²) >= 11 is 6.27. The van der Waals surface area contributed by atoms with Crippen LogP contribution in [0, 0.1) is 12.7 Å². The highest BCUT2D eigenvalue weighted by Gasteiger charge is 2.48. The Balaban J connectivity index is 2.01. The maximum Gasteiger partial charge on any atom is 0.300 e. The van der Waals surface area contributed by atoms with E-state index in [-0.39, 0.29) is 27.6 Å². The minimum Gasteiger partial charge on any atom is -0.507 e. The van der Waals surface area contributed by atoms with Crippen LogP contribution in [-0.2, 0) is 9.59 Å². The van der Waals surface area contributed by atoms with Crippen molar-refractivity contribution in [3.8, 4) is 5.75 Å². The van der Waals surface area contributed by atoms with Crippen LogP contribution in [0.4, 0.5) is 10.1 Å². The summed E-state index contributed by atoms with van der Waals surface area (Å²) in [5.41, 5.74) is 1.17. The average molecular weight is 453 g/mol. The van der Waals surface area contributed by atoms with Gasteiger partial charge in [0, 0.05) is 11.9 Å². The molecule has 1 aliphatic rings. The highest BCUT2D eigenvalue weighted by molar-refractivity contribution is 6.51. The lowest BCUT2D eigenvalue weighted by Gasteiger charge is -2.24. The largest absolute Gasteiger partial charge is 0.507 e. The number of aromatic nitrogens is 1. The van der Waals surface area contributed by atoms with Crippen molar-refractivity contribution in [1.82, 2.24) is 4.98 Å². The Morgan fingerprint density at radius 3 is 2.59 bits per heavy atom. The van der Waals surface area contributed by atoms with Gasteiger partial charge in [-0.1, -0.05) is 23.7 Å². The molecule has 0 bridgehead atoms. The van der Waals surface area contributed by atoms with Crippen LogP contribution in [-0.4, -0.2) is 28.9 Å².